The van der Waals surface area contributed by atoms with Crippen molar-refractivity contribution in [3.05, 3.63) is 22.8 Å². The van der Waals surface area contributed by atoms with Crippen LogP contribution in [0.25, 0.3) is 0 Å². The fraction of sp³-hybridized carbons (Fsp3) is 0.667. The first-order chi connectivity index (χ1) is 13.8. The van der Waals surface area contributed by atoms with E-state index in [1.54, 1.807) is 16.7 Å². The van der Waals surface area contributed by atoms with Crippen molar-refractivity contribution in [3.8, 4) is 0 Å². The number of aromatic nitrogens is 2. The maximum Gasteiger partial charge on any atom is 0.280 e. The second kappa shape index (κ2) is 9.56. The van der Waals surface area contributed by atoms with Crippen LogP contribution in [0.1, 0.15) is 42.5 Å². The number of fused-ring (bicyclic) bond motifs is 1. The van der Waals surface area contributed by atoms with E-state index in [-0.39, 0.29) is 55.1 Å². The van der Waals surface area contributed by atoms with Crippen LogP contribution in [0.4, 0.5) is 8.78 Å². The Morgan fingerprint density at radius 2 is 2.17 bits per heavy atom. The van der Waals surface area contributed by atoms with Crippen molar-refractivity contribution in [2.24, 2.45) is 0 Å². The predicted molar refractivity (Wildman–Crippen MR) is 108 cm³/mol. The van der Waals surface area contributed by atoms with Crippen molar-refractivity contribution in [1.82, 2.24) is 23.3 Å². The number of carbonyl (C=O) groups is 2. The number of carbonyl (C=O) groups excluding carboxylic acids is 2. The molecule has 0 aromatic carbocycles. The fourth-order valence-corrected chi connectivity index (χ4v) is 4.09. The van der Waals surface area contributed by atoms with Gasteiger partial charge < -0.3 is 14.5 Å². The number of alkyl halides is 2. The summed E-state index contributed by atoms with van der Waals surface area (Å²) in [5.74, 6) is 0.0827. The predicted octanol–water partition coefficient (Wildman–Crippen LogP) is 1.55. The van der Waals surface area contributed by atoms with E-state index in [9.17, 15) is 18.4 Å². The quantitative estimate of drug-likeness (QED) is 0.450. The highest BCUT2D eigenvalue weighted by molar-refractivity contribution is 14.1. The molecule has 160 valence electrons. The molecule has 1 N–H and O–H groups in total. The lowest BCUT2D eigenvalue weighted by Gasteiger charge is -2.34. The highest BCUT2D eigenvalue weighted by atomic mass is 127. The third-order valence-corrected chi connectivity index (χ3v) is 5.99. The minimum Gasteiger partial charge on any atom is -0.367 e. The van der Waals surface area contributed by atoms with E-state index in [0.717, 1.165) is 0 Å². The first kappa shape index (κ1) is 22.2. The van der Waals surface area contributed by atoms with Gasteiger partial charge in [0.2, 0.25) is 11.8 Å². The number of nitrogens with one attached hydrogen (secondary N) is 1. The van der Waals surface area contributed by atoms with Crippen molar-refractivity contribution in [1.29, 1.82) is 0 Å². The van der Waals surface area contributed by atoms with Crippen molar-refractivity contribution in [3.63, 3.8) is 0 Å². The second-order valence-corrected chi connectivity index (χ2v) is 8.00. The van der Waals surface area contributed by atoms with Gasteiger partial charge in [-0.15, -0.1) is 0 Å². The summed E-state index contributed by atoms with van der Waals surface area (Å²) in [5.41, 5.74) is 0.709. The third kappa shape index (κ3) is 5.37. The molecule has 0 bridgehead atoms. The van der Waals surface area contributed by atoms with Gasteiger partial charge >= 0.3 is 0 Å². The molecule has 1 aromatic rings. The smallest absolute Gasteiger partial charge is 0.280 e. The summed E-state index contributed by atoms with van der Waals surface area (Å²) in [7, 11) is 0. The Kier molecular flexibility index (Phi) is 7.32. The number of nitrogens with zero attached hydrogens (tertiary/aromatic N) is 4. The topological polar surface area (TPSA) is 87.7 Å². The van der Waals surface area contributed by atoms with Crippen LogP contribution in [0.2, 0.25) is 0 Å². The molecule has 3 rings (SSSR count). The summed E-state index contributed by atoms with van der Waals surface area (Å²) in [6.07, 6.45) is -2.19. The number of morpholine rings is 1. The summed E-state index contributed by atoms with van der Waals surface area (Å²) in [6, 6.07) is -0.220. The molecular formula is C18H24F2IN5O3. The zero-order valence-corrected chi connectivity index (χ0v) is 18.5. The van der Waals surface area contributed by atoms with Gasteiger partial charge in [-0.2, -0.15) is 0 Å². The summed E-state index contributed by atoms with van der Waals surface area (Å²) >= 11 is 1.98. The number of hydrogen-bond donors (Lipinski definition) is 1. The van der Waals surface area contributed by atoms with E-state index in [1.807, 2.05) is 29.8 Å². The molecule has 2 aliphatic heterocycles. The van der Waals surface area contributed by atoms with Crippen molar-refractivity contribution in [2.75, 3.05) is 26.2 Å². The molecule has 1 saturated heterocycles. The summed E-state index contributed by atoms with van der Waals surface area (Å²) in [4.78, 5) is 36.4. The van der Waals surface area contributed by atoms with Crippen LogP contribution in [-0.2, 0) is 27.3 Å². The highest BCUT2D eigenvalue weighted by Crippen LogP contribution is 2.27. The average Bonchev–Trinajstić information content (AvgIpc) is 2.68. The molecular weight excluding hydrogens is 499 g/mol. The van der Waals surface area contributed by atoms with Crippen LogP contribution in [0.3, 0.4) is 0 Å². The molecule has 11 heteroatoms. The summed E-state index contributed by atoms with van der Waals surface area (Å²) in [6.45, 7) is 4.97. The minimum atomic E-state index is -2.66. The van der Waals surface area contributed by atoms with E-state index >= 15 is 0 Å². The van der Waals surface area contributed by atoms with Crippen molar-refractivity contribution >= 4 is 34.7 Å². The molecule has 0 saturated carbocycles. The molecule has 0 spiro atoms. The van der Waals surface area contributed by atoms with Gasteiger partial charge in [-0.25, -0.2) is 18.7 Å². The minimum absolute atomic E-state index is 0.0381. The molecule has 0 aliphatic carbocycles. The van der Waals surface area contributed by atoms with E-state index in [4.69, 9.17) is 4.74 Å². The van der Waals surface area contributed by atoms with Crippen LogP contribution in [0.15, 0.2) is 0 Å². The number of aryl methyl sites for hydroxylation is 1. The first-order valence-electron chi connectivity index (χ1n) is 9.46. The van der Waals surface area contributed by atoms with Crippen LogP contribution >= 0.6 is 22.9 Å². The van der Waals surface area contributed by atoms with Crippen LogP contribution in [-0.4, -0.2) is 70.0 Å². The Morgan fingerprint density at radius 1 is 1.41 bits per heavy atom. The lowest BCUT2D eigenvalue weighted by molar-refractivity contribution is -0.148. The first-order valence-corrected chi connectivity index (χ1v) is 10.5. The number of amides is 2. The van der Waals surface area contributed by atoms with Crippen molar-refractivity contribution in [2.45, 2.75) is 51.8 Å². The molecule has 29 heavy (non-hydrogen) atoms. The largest absolute Gasteiger partial charge is 0.367 e. The lowest BCUT2D eigenvalue weighted by Crippen LogP contribution is -2.51. The van der Waals surface area contributed by atoms with Gasteiger partial charge in [-0.1, -0.05) is 0 Å². The van der Waals surface area contributed by atoms with Gasteiger partial charge in [0.05, 0.1) is 18.3 Å². The van der Waals surface area contributed by atoms with Gasteiger partial charge in [0.25, 0.3) is 6.43 Å². The molecule has 1 fully saturated rings. The molecule has 3 heterocycles. The van der Waals surface area contributed by atoms with E-state index in [1.165, 1.54) is 0 Å². The molecule has 0 unspecified atom stereocenters. The van der Waals surface area contributed by atoms with E-state index in [2.05, 4.69) is 13.5 Å². The van der Waals surface area contributed by atoms with Crippen LogP contribution in [0.5, 0.6) is 0 Å². The zero-order valence-electron chi connectivity index (χ0n) is 16.3. The molecule has 8 nitrogen and oxygen atoms in total. The van der Waals surface area contributed by atoms with Gasteiger partial charge in [-0.05, 0) is 20.3 Å². The molecule has 2 aliphatic rings. The van der Waals surface area contributed by atoms with Gasteiger partial charge in [0, 0.05) is 60.5 Å². The second-order valence-electron chi connectivity index (χ2n) is 7.38. The highest BCUT2D eigenvalue weighted by Gasteiger charge is 2.30. The van der Waals surface area contributed by atoms with Gasteiger partial charge in [-0.3, -0.25) is 13.1 Å². The number of halogens is 3. The average molecular weight is 523 g/mol. The normalized spacial score (nSPS) is 20.8. The zero-order chi connectivity index (χ0) is 21.1. The summed E-state index contributed by atoms with van der Waals surface area (Å²) in [5, 5.41) is 0. The number of hydrogen-bond acceptors (Lipinski definition) is 6. The van der Waals surface area contributed by atoms with E-state index in [0.29, 0.717) is 37.3 Å². The van der Waals surface area contributed by atoms with Gasteiger partial charge in [0.1, 0.15) is 18.1 Å². The number of rotatable bonds is 6. The maximum atomic E-state index is 13.3. The molecule has 0 radical (unpaired) electrons. The van der Waals surface area contributed by atoms with E-state index < -0.39 is 6.43 Å². The SMILES string of the molecule is Cc1nc2c(c(C(F)F)n1)CCN(C(=O)C[C@@H](CN1C[C@H](C)OCC1=O)NI)C2. The van der Waals surface area contributed by atoms with Crippen LogP contribution < -0.4 is 3.53 Å². The summed E-state index contributed by atoms with van der Waals surface area (Å²) < 4.78 is 34.9. The Balaban J connectivity index is 1.64. The van der Waals surface area contributed by atoms with Crippen molar-refractivity contribution < 1.29 is 23.1 Å². The third-order valence-electron chi connectivity index (χ3n) is 5.11. The molecule has 2 atom stereocenters. The standard InChI is InChI=1S/C18H24F2IN5O3/c1-10-6-26(16(28)9-29-10)7-12(24-21)5-15(27)25-4-3-13-14(8-25)22-11(2)23-17(13)18(19)20/h10,12,18,24H,3-9H2,1-2H3/t10-,12-/m0/s1. The van der Waals surface area contributed by atoms with Crippen LogP contribution in [0, 0.1) is 6.92 Å². The monoisotopic (exact) mass is 523 g/mol. The Hall–Kier alpha value is -1.47. The number of ether oxygens (including phenoxy) is 1. The maximum absolute atomic E-state index is 13.3. The molecule has 1 aromatic heterocycles. The Morgan fingerprint density at radius 3 is 2.86 bits per heavy atom. The lowest BCUT2D eigenvalue weighted by atomic mass is 10.0. The fourth-order valence-electron chi connectivity index (χ4n) is 3.67. The van der Waals surface area contributed by atoms with Gasteiger partial charge in [0.15, 0.2) is 0 Å². The Bertz CT molecular complexity index is 782. The molecule has 2 amide bonds. The Labute approximate surface area is 181 Å².